The summed E-state index contributed by atoms with van der Waals surface area (Å²) in [4.78, 5) is 0. The zero-order chi connectivity index (χ0) is 19.6. The molecule has 0 atom stereocenters. The van der Waals surface area contributed by atoms with Crippen LogP contribution in [0.25, 0.3) is 33.1 Å². The Bertz CT molecular complexity index is 1300. The van der Waals surface area contributed by atoms with Crippen LogP contribution in [0, 0.1) is 0 Å². The standard InChI is InChI=1S/C27H21NO/c1-2-8-19-13-15-21(16-14-19)28-25-17-24-22-11-6-7-12-26(22)29-27(24)18-23(25)20-9-4-3-5-10-20/h2-7,9-18,28H,1,8H2. The second kappa shape index (κ2) is 7.33. The van der Waals surface area contributed by atoms with E-state index in [0.29, 0.717) is 0 Å². The molecule has 0 bridgehead atoms. The Kier molecular flexibility index (Phi) is 4.38. The number of rotatable bonds is 5. The number of fused-ring (bicyclic) bond motifs is 3. The van der Waals surface area contributed by atoms with Gasteiger partial charge in [0.05, 0.1) is 0 Å². The highest BCUT2D eigenvalue weighted by Crippen LogP contribution is 2.38. The number of furan rings is 1. The van der Waals surface area contributed by atoms with Crippen LogP contribution in [0.3, 0.4) is 0 Å². The number of para-hydroxylation sites is 1. The molecule has 1 heterocycles. The third-order valence-corrected chi connectivity index (χ3v) is 5.21. The average molecular weight is 375 g/mol. The van der Waals surface area contributed by atoms with Gasteiger partial charge in [0.1, 0.15) is 11.2 Å². The molecule has 29 heavy (non-hydrogen) atoms. The Hall–Kier alpha value is -3.78. The Labute approximate surface area is 170 Å². The summed E-state index contributed by atoms with van der Waals surface area (Å²) >= 11 is 0. The van der Waals surface area contributed by atoms with Crippen LogP contribution in [0.15, 0.2) is 108 Å². The summed E-state index contributed by atoms with van der Waals surface area (Å²) in [6, 6.07) is 31.4. The van der Waals surface area contributed by atoms with Gasteiger partial charge in [-0.15, -0.1) is 6.58 Å². The SMILES string of the molecule is C=CCc1ccc(Nc2cc3c(cc2-c2ccccc2)oc2ccccc23)cc1. The molecular weight excluding hydrogens is 354 g/mol. The molecule has 0 aliphatic carbocycles. The van der Waals surface area contributed by atoms with Crippen LogP contribution in [0.4, 0.5) is 11.4 Å². The molecule has 0 aliphatic heterocycles. The van der Waals surface area contributed by atoms with E-state index in [1.807, 2.05) is 30.3 Å². The van der Waals surface area contributed by atoms with Crippen LogP contribution in [-0.4, -0.2) is 0 Å². The maximum atomic E-state index is 6.13. The number of nitrogens with one attached hydrogen (secondary N) is 1. The van der Waals surface area contributed by atoms with E-state index in [4.69, 9.17) is 4.42 Å². The Morgan fingerprint density at radius 2 is 1.52 bits per heavy atom. The number of anilines is 2. The van der Waals surface area contributed by atoms with Crippen LogP contribution < -0.4 is 5.32 Å². The van der Waals surface area contributed by atoms with Crippen molar-refractivity contribution in [3.05, 3.63) is 109 Å². The van der Waals surface area contributed by atoms with Gasteiger partial charge in [0, 0.05) is 27.7 Å². The van der Waals surface area contributed by atoms with Gasteiger partial charge in [-0.2, -0.15) is 0 Å². The monoisotopic (exact) mass is 375 g/mol. The van der Waals surface area contributed by atoms with Crippen LogP contribution in [0.5, 0.6) is 0 Å². The van der Waals surface area contributed by atoms with E-state index in [-0.39, 0.29) is 0 Å². The molecule has 140 valence electrons. The zero-order valence-electron chi connectivity index (χ0n) is 16.1. The summed E-state index contributed by atoms with van der Waals surface area (Å²) in [5.41, 5.74) is 7.45. The summed E-state index contributed by atoms with van der Waals surface area (Å²) in [6.45, 7) is 3.82. The van der Waals surface area contributed by atoms with Crippen LogP contribution >= 0.6 is 0 Å². The molecule has 0 amide bonds. The molecule has 0 aliphatic rings. The molecule has 0 radical (unpaired) electrons. The quantitative estimate of drug-likeness (QED) is 0.318. The third kappa shape index (κ3) is 3.30. The molecule has 0 fully saturated rings. The predicted octanol–water partition coefficient (Wildman–Crippen LogP) is 7.73. The lowest BCUT2D eigenvalue weighted by atomic mass is 10.0. The van der Waals surface area contributed by atoms with Crippen molar-refractivity contribution in [1.29, 1.82) is 0 Å². The van der Waals surface area contributed by atoms with Crippen molar-refractivity contribution in [3.8, 4) is 11.1 Å². The Morgan fingerprint density at radius 3 is 2.31 bits per heavy atom. The molecule has 2 nitrogen and oxygen atoms in total. The minimum absolute atomic E-state index is 0.877. The largest absolute Gasteiger partial charge is 0.456 e. The maximum absolute atomic E-state index is 6.13. The number of hydrogen-bond donors (Lipinski definition) is 1. The van der Waals surface area contributed by atoms with Gasteiger partial charge in [-0.3, -0.25) is 0 Å². The first-order chi connectivity index (χ1) is 14.3. The van der Waals surface area contributed by atoms with Crippen molar-refractivity contribution in [2.75, 3.05) is 5.32 Å². The molecule has 1 N–H and O–H groups in total. The Morgan fingerprint density at radius 1 is 0.759 bits per heavy atom. The van der Waals surface area contributed by atoms with Crippen molar-refractivity contribution in [1.82, 2.24) is 0 Å². The van der Waals surface area contributed by atoms with Gasteiger partial charge in [0.2, 0.25) is 0 Å². The normalized spacial score (nSPS) is 11.0. The molecule has 0 saturated carbocycles. The van der Waals surface area contributed by atoms with Gasteiger partial charge in [-0.25, -0.2) is 0 Å². The topological polar surface area (TPSA) is 25.2 Å². The molecule has 5 aromatic rings. The first kappa shape index (κ1) is 17.3. The predicted molar refractivity (Wildman–Crippen MR) is 123 cm³/mol. The number of allylic oxidation sites excluding steroid dienone is 1. The minimum atomic E-state index is 0.877. The second-order valence-corrected chi connectivity index (χ2v) is 7.17. The minimum Gasteiger partial charge on any atom is -0.456 e. The van der Waals surface area contributed by atoms with Crippen LogP contribution in [0.2, 0.25) is 0 Å². The van der Waals surface area contributed by atoms with Crippen molar-refractivity contribution >= 4 is 33.3 Å². The smallest absolute Gasteiger partial charge is 0.136 e. The van der Waals surface area contributed by atoms with Crippen molar-refractivity contribution in [2.45, 2.75) is 6.42 Å². The second-order valence-electron chi connectivity index (χ2n) is 7.17. The molecular formula is C27H21NO. The molecule has 5 rings (SSSR count). The molecule has 2 heteroatoms. The highest BCUT2D eigenvalue weighted by atomic mass is 16.3. The molecule has 1 aromatic heterocycles. The summed E-state index contributed by atoms with van der Waals surface area (Å²) < 4.78 is 6.13. The van der Waals surface area contributed by atoms with E-state index in [1.54, 1.807) is 0 Å². The fraction of sp³-hybridized carbons (Fsp3) is 0.0370. The Balaban J connectivity index is 1.66. The van der Waals surface area contributed by atoms with E-state index in [2.05, 4.69) is 78.6 Å². The van der Waals surface area contributed by atoms with Gasteiger partial charge in [0.25, 0.3) is 0 Å². The summed E-state index contributed by atoms with van der Waals surface area (Å²) in [7, 11) is 0. The number of benzene rings is 4. The first-order valence-electron chi connectivity index (χ1n) is 9.79. The highest BCUT2D eigenvalue weighted by Gasteiger charge is 2.13. The van der Waals surface area contributed by atoms with E-state index < -0.39 is 0 Å². The van der Waals surface area contributed by atoms with Crippen LogP contribution in [-0.2, 0) is 6.42 Å². The number of hydrogen-bond acceptors (Lipinski definition) is 2. The first-order valence-corrected chi connectivity index (χ1v) is 9.79. The van der Waals surface area contributed by atoms with Crippen molar-refractivity contribution in [3.63, 3.8) is 0 Å². The summed E-state index contributed by atoms with van der Waals surface area (Å²) in [5.74, 6) is 0. The fourth-order valence-corrected chi connectivity index (χ4v) is 3.78. The van der Waals surface area contributed by atoms with Crippen molar-refractivity contribution in [2.24, 2.45) is 0 Å². The van der Waals surface area contributed by atoms with Crippen LogP contribution in [0.1, 0.15) is 5.56 Å². The van der Waals surface area contributed by atoms with Gasteiger partial charge in [-0.1, -0.05) is 66.7 Å². The van der Waals surface area contributed by atoms with E-state index in [1.165, 1.54) is 5.56 Å². The van der Waals surface area contributed by atoms with Gasteiger partial charge in [-0.05, 0) is 47.9 Å². The third-order valence-electron chi connectivity index (χ3n) is 5.21. The van der Waals surface area contributed by atoms with Gasteiger partial charge >= 0.3 is 0 Å². The average Bonchev–Trinajstić information content (AvgIpc) is 3.13. The fourth-order valence-electron chi connectivity index (χ4n) is 3.78. The summed E-state index contributed by atoms with van der Waals surface area (Å²) in [5, 5.41) is 5.87. The van der Waals surface area contributed by atoms with E-state index >= 15 is 0 Å². The highest BCUT2D eigenvalue weighted by molar-refractivity contribution is 6.08. The summed E-state index contributed by atoms with van der Waals surface area (Å²) in [6.07, 6.45) is 2.80. The van der Waals surface area contributed by atoms with E-state index in [9.17, 15) is 0 Å². The lowest BCUT2D eigenvalue weighted by Gasteiger charge is -2.13. The zero-order valence-corrected chi connectivity index (χ0v) is 16.1. The maximum Gasteiger partial charge on any atom is 0.136 e. The molecule has 0 spiro atoms. The van der Waals surface area contributed by atoms with Gasteiger partial charge in [0.15, 0.2) is 0 Å². The lowest BCUT2D eigenvalue weighted by molar-refractivity contribution is 0.669. The molecule has 0 saturated heterocycles. The van der Waals surface area contributed by atoms with Gasteiger partial charge < -0.3 is 9.73 Å². The molecule has 4 aromatic carbocycles. The van der Waals surface area contributed by atoms with E-state index in [0.717, 1.165) is 50.9 Å². The molecule has 0 unspecified atom stereocenters. The lowest BCUT2D eigenvalue weighted by Crippen LogP contribution is -1.94. The van der Waals surface area contributed by atoms with Crippen molar-refractivity contribution < 1.29 is 4.42 Å².